The Bertz CT molecular complexity index is 282. The first-order chi connectivity index (χ1) is 9.02. The van der Waals surface area contributed by atoms with Gasteiger partial charge in [0.05, 0.1) is 6.61 Å². The molecule has 0 radical (unpaired) electrons. The van der Waals surface area contributed by atoms with E-state index in [1.54, 1.807) is 0 Å². The first-order valence-corrected chi connectivity index (χ1v) is 8.00. The summed E-state index contributed by atoms with van der Waals surface area (Å²) in [6, 6.07) is 0.711. The van der Waals surface area contributed by atoms with E-state index < -0.39 is 0 Å². The zero-order chi connectivity index (χ0) is 13.9. The number of hydrogen-bond acceptors (Lipinski definition) is 3. The third kappa shape index (κ3) is 4.17. The smallest absolute Gasteiger partial charge is 0.0641 e. The van der Waals surface area contributed by atoms with Crippen LogP contribution in [0.15, 0.2) is 0 Å². The van der Waals surface area contributed by atoms with Gasteiger partial charge >= 0.3 is 0 Å². The van der Waals surface area contributed by atoms with Gasteiger partial charge < -0.3 is 15.0 Å². The van der Waals surface area contributed by atoms with Crippen LogP contribution in [0.4, 0.5) is 0 Å². The Morgan fingerprint density at radius 1 is 1.37 bits per heavy atom. The molecule has 0 aliphatic carbocycles. The van der Waals surface area contributed by atoms with Crippen LogP contribution in [0.2, 0.25) is 0 Å². The zero-order valence-corrected chi connectivity index (χ0v) is 13.2. The van der Waals surface area contributed by atoms with Crippen molar-refractivity contribution in [2.24, 2.45) is 11.8 Å². The quantitative estimate of drug-likeness (QED) is 0.829. The van der Waals surface area contributed by atoms with Crippen molar-refractivity contribution in [3.63, 3.8) is 0 Å². The topological polar surface area (TPSA) is 24.5 Å². The summed E-state index contributed by atoms with van der Waals surface area (Å²) in [6.07, 6.45) is 5.49. The van der Waals surface area contributed by atoms with Gasteiger partial charge in [0.2, 0.25) is 0 Å². The maximum absolute atomic E-state index is 5.34. The molecule has 0 aromatic heterocycles. The summed E-state index contributed by atoms with van der Waals surface area (Å²) in [6.45, 7) is 11.6. The Morgan fingerprint density at radius 3 is 2.84 bits per heavy atom. The summed E-state index contributed by atoms with van der Waals surface area (Å²) < 4.78 is 5.34. The monoisotopic (exact) mass is 268 g/mol. The highest BCUT2D eigenvalue weighted by molar-refractivity contribution is 4.94. The first kappa shape index (κ1) is 15.3. The summed E-state index contributed by atoms with van der Waals surface area (Å²) in [7, 11) is 1.81. The molecule has 3 nitrogen and oxygen atoms in total. The summed E-state index contributed by atoms with van der Waals surface area (Å²) >= 11 is 0. The number of piperidine rings is 1. The summed E-state index contributed by atoms with van der Waals surface area (Å²) in [5.41, 5.74) is 0.214. The van der Waals surface area contributed by atoms with E-state index >= 15 is 0 Å². The number of methoxy groups -OCH3 is 1. The lowest BCUT2D eigenvalue weighted by Crippen LogP contribution is -2.40. The molecule has 2 saturated heterocycles. The van der Waals surface area contributed by atoms with E-state index in [1.165, 1.54) is 45.3 Å². The van der Waals surface area contributed by atoms with Gasteiger partial charge in [-0.25, -0.2) is 0 Å². The second kappa shape index (κ2) is 6.55. The molecule has 2 aliphatic rings. The van der Waals surface area contributed by atoms with E-state index in [1.807, 2.05) is 7.11 Å². The number of rotatable bonds is 5. The standard InChI is InChI=1S/C16H32N2O/c1-13(2)18-7-5-6-14(11-18)8-15-9-16(3,12-19-4)17-10-15/h13-15,17H,5-12H2,1-4H3. The fraction of sp³-hybridized carbons (Fsp3) is 1.00. The van der Waals surface area contributed by atoms with Crippen molar-refractivity contribution in [3.05, 3.63) is 0 Å². The summed E-state index contributed by atoms with van der Waals surface area (Å²) in [5.74, 6) is 1.75. The minimum absolute atomic E-state index is 0.214. The minimum atomic E-state index is 0.214. The predicted octanol–water partition coefficient (Wildman–Crippen LogP) is 2.51. The molecule has 3 atom stereocenters. The van der Waals surface area contributed by atoms with Gasteiger partial charge in [-0.2, -0.15) is 0 Å². The van der Waals surface area contributed by atoms with Gasteiger partial charge in [0, 0.05) is 25.2 Å². The zero-order valence-electron chi connectivity index (χ0n) is 13.2. The normalized spacial score (nSPS) is 37.1. The van der Waals surface area contributed by atoms with Crippen molar-refractivity contribution >= 4 is 0 Å². The molecule has 0 bridgehead atoms. The molecule has 2 fully saturated rings. The third-order valence-corrected chi connectivity index (χ3v) is 4.97. The van der Waals surface area contributed by atoms with Crippen LogP contribution in [0.25, 0.3) is 0 Å². The summed E-state index contributed by atoms with van der Waals surface area (Å²) in [4.78, 5) is 2.66. The van der Waals surface area contributed by atoms with Crippen molar-refractivity contribution in [3.8, 4) is 0 Å². The Kier molecular flexibility index (Phi) is 5.27. The highest BCUT2D eigenvalue weighted by Crippen LogP contribution is 2.32. The molecule has 2 rings (SSSR count). The lowest BCUT2D eigenvalue weighted by Gasteiger charge is -2.36. The largest absolute Gasteiger partial charge is 0.383 e. The van der Waals surface area contributed by atoms with Crippen LogP contribution in [0.5, 0.6) is 0 Å². The highest BCUT2D eigenvalue weighted by Gasteiger charge is 2.36. The fourth-order valence-corrected chi connectivity index (χ4v) is 4.00. The van der Waals surface area contributed by atoms with E-state index in [2.05, 4.69) is 31.0 Å². The van der Waals surface area contributed by atoms with Gasteiger partial charge in [-0.05, 0) is 71.4 Å². The van der Waals surface area contributed by atoms with Crippen LogP contribution >= 0.6 is 0 Å². The average Bonchev–Trinajstić information content (AvgIpc) is 2.71. The molecule has 0 amide bonds. The van der Waals surface area contributed by atoms with E-state index in [0.29, 0.717) is 6.04 Å². The summed E-state index contributed by atoms with van der Waals surface area (Å²) in [5, 5.41) is 3.67. The van der Waals surface area contributed by atoms with Gasteiger partial charge in [-0.1, -0.05) is 0 Å². The number of nitrogens with zero attached hydrogens (tertiary/aromatic N) is 1. The first-order valence-electron chi connectivity index (χ1n) is 8.00. The molecule has 3 heteroatoms. The van der Waals surface area contributed by atoms with E-state index in [-0.39, 0.29) is 5.54 Å². The van der Waals surface area contributed by atoms with Crippen LogP contribution in [0.3, 0.4) is 0 Å². The Labute approximate surface area is 119 Å². The van der Waals surface area contributed by atoms with Crippen LogP contribution in [-0.4, -0.2) is 49.8 Å². The van der Waals surface area contributed by atoms with Gasteiger partial charge in [-0.3, -0.25) is 0 Å². The van der Waals surface area contributed by atoms with Crippen molar-refractivity contribution in [1.29, 1.82) is 0 Å². The Balaban J connectivity index is 1.79. The predicted molar refractivity (Wildman–Crippen MR) is 80.4 cm³/mol. The van der Waals surface area contributed by atoms with E-state index in [9.17, 15) is 0 Å². The number of hydrogen-bond donors (Lipinski definition) is 1. The lowest BCUT2D eigenvalue weighted by atomic mass is 9.84. The Morgan fingerprint density at radius 2 is 2.16 bits per heavy atom. The molecule has 0 aromatic carbocycles. The second-order valence-corrected chi connectivity index (χ2v) is 7.28. The number of ether oxygens (including phenoxy) is 1. The van der Waals surface area contributed by atoms with Crippen LogP contribution in [0, 0.1) is 11.8 Å². The molecular weight excluding hydrogens is 236 g/mol. The lowest BCUT2D eigenvalue weighted by molar-refractivity contribution is 0.117. The fourth-order valence-electron chi connectivity index (χ4n) is 4.00. The van der Waals surface area contributed by atoms with E-state index in [4.69, 9.17) is 4.74 Å². The maximum Gasteiger partial charge on any atom is 0.0641 e. The van der Waals surface area contributed by atoms with Gasteiger partial charge in [-0.15, -0.1) is 0 Å². The number of nitrogens with one attached hydrogen (secondary N) is 1. The van der Waals surface area contributed by atoms with Gasteiger partial charge in [0.1, 0.15) is 0 Å². The molecule has 19 heavy (non-hydrogen) atoms. The molecule has 1 N–H and O–H groups in total. The molecule has 0 aromatic rings. The van der Waals surface area contributed by atoms with Gasteiger partial charge in [0.15, 0.2) is 0 Å². The van der Waals surface area contributed by atoms with E-state index in [0.717, 1.165) is 18.4 Å². The average molecular weight is 268 g/mol. The molecule has 3 unspecified atom stereocenters. The van der Waals surface area contributed by atoms with Crippen molar-refractivity contribution in [2.45, 2.75) is 58.0 Å². The number of likely N-dealkylation sites (tertiary alicyclic amines) is 1. The van der Waals surface area contributed by atoms with Crippen molar-refractivity contribution < 1.29 is 4.74 Å². The second-order valence-electron chi connectivity index (χ2n) is 7.28. The molecular formula is C16H32N2O. The third-order valence-electron chi connectivity index (χ3n) is 4.97. The molecule has 0 saturated carbocycles. The molecule has 0 spiro atoms. The highest BCUT2D eigenvalue weighted by atomic mass is 16.5. The molecule has 2 heterocycles. The van der Waals surface area contributed by atoms with Gasteiger partial charge in [0.25, 0.3) is 0 Å². The van der Waals surface area contributed by atoms with Crippen LogP contribution < -0.4 is 5.32 Å². The van der Waals surface area contributed by atoms with Crippen molar-refractivity contribution in [1.82, 2.24) is 10.2 Å². The van der Waals surface area contributed by atoms with Crippen LogP contribution in [0.1, 0.15) is 46.5 Å². The molecule has 112 valence electrons. The maximum atomic E-state index is 5.34. The van der Waals surface area contributed by atoms with Crippen molar-refractivity contribution in [2.75, 3.05) is 33.4 Å². The molecule has 2 aliphatic heterocycles. The Hall–Kier alpha value is -0.120. The SMILES string of the molecule is COCC1(C)CC(CC2CCCN(C(C)C)C2)CN1. The van der Waals surface area contributed by atoms with Crippen LogP contribution in [-0.2, 0) is 4.74 Å². The minimum Gasteiger partial charge on any atom is -0.383 e.